The molecule has 0 unspecified atom stereocenters. The van der Waals surface area contributed by atoms with E-state index < -0.39 is 0 Å². The number of nitrogens with one attached hydrogen (secondary N) is 2. The minimum absolute atomic E-state index is 0.169. The quantitative estimate of drug-likeness (QED) is 0.532. The maximum atomic E-state index is 8.65. The van der Waals surface area contributed by atoms with Gasteiger partial charge in [0, 0.05) is 0 Å². The third-order valence-corrected chi connectivity index (χ3v) is 2.76. The Morgan fingerprint density at radius 3 is 1.06 bits per heavy atom. The monoisotopic (exact) mass is 252 g/mol. The van der Waals surface area contributed by atoms with Crippen LogP contribution < -0.4 is 10.6 Å². The number of phenols is 2. The van der Waals surface area contributed by atoms with Crippen LogP contribution in [-0.4, -0.2) is 36.4 Å². The molecule has 0 atom stereocenters. The van der Waals surface area contributed by atoms with Gasteiger partial charge in [-0.2, -0.15) is 0 Å². The number of hydrogen-bond acceptors (Lipinski definition) is 4. The maximum absolute atomic E-state index is 8.65. The smallest absolute Gasteiger partial charge is 0.115 e. The van der Waals surface area contributed by atoms with E-state index in [2.05, 4.69) is 10.6 Å². The van der Waals surface area contributed by atoms with E-state index in [0.29, 0.717) is 0 Å². The lowest BCUT2D eigenvalue weighted by Gasteiger charge is -1.88. The molecule has 3 rings (SSSR count). The van der Waals surface area contributed by atoms with Gasteiger partial charge in [-0.15, -0.1) is 0 Å². The van der Waals surface area contributed by atoms with Crippen molar-refractivity contribution >= 4 is 0 Å². The highest BCUT2D eigenvalue weighted by molar-refractivity contribution is 5.28. The first kappa shape index (κ1) is 14.8. The van der Waals surface area contributed by atoms with Crippen molar-refractivity contribution < 1.29 is 10.2 Å². The van der Waals surface area contributed by atoms with E-state index in [1.54, 1.807) is 0 Å². The zero-order chi connectivity index (χ0) is 13.1. The van der Waals surface area contributed by atoms with Gasteiger partial charge in [-0.1, -0.05) is 0 Å². The highest BCUT2D eigenvalue weighted by atomic mass is 16.3. The number of rotatable bonds is 0. The Hall–Kier alpha value is -1.26. The summed E-state index contributed by atoms with van der Waals surface area (Å²) in [6.07, 6.45) is 5.56. The van der Waals surface area contributed by atoms with Gasteiger partial charge in [0.25, 0.3) is 0 Å². The van der Waals surface area contributed by atoms with Crippen LogP contribution in [0.15, 0.2) is 24.3 Å². The van der Waals surface area contributed by atoms with Gasteiger partial charge in [0.05, 0.1) is 0 Å². The van der Waals surface area contributed by atoms with Crippen molar-refractivity contribution in [1.29, 1.82) is 0 Å². The number of hydrogen-bond donors (Lipinski definition) is 4. The normalized spacial score (nSPS) is 17.3. The van der Waals surface area contributed by atoms with Gasteiger partial charge >= 0.3 is 0 Å². The number of aromatic hydroxyl groups is 2. The Bertz CT molecular complexity index is 247. The minimum atomic E-state index is 0.169. The summed E-state index contributed by atoms with van der Waals surface area (Å²) in [5.74, 6) is 0.339. The first-order chi connectivity index (χ1) is 8.79. The predicted octanol–water partition coefficient (Wildman–Crippen LogP) is 1.84. The molecular formula is C14H24N2O2. The third-order valence-electron chi connectivity index (χ3n) is 2.76. The summed E-state index contributed by atoms with van der Waals surface area (Å²) >= 11 is 0. The summed E-state index contributed by atoms with van der Waals surface area (Å²) < 4.78 is 0. The topological polar surface area (TPSA) is 64.5 Å². The SMILES string of the molecule is C1CCNC1.C1CCNC1.Oc1ccc(O)cc1. The van der Waals surface area contributed by atoms with Gasteiger partial charge in [0.15, 0.2) is 0 Å². The van der Waals surface area contributed by atoms with Gasteiger partial charge in [0.2, 0.25) is 0 Å². The highest BCUT2D eigenvalue weighted by Crippen LogP contribution is 2.13. The molecule has 2 saturated heterocycles. The molecule has 102 valence electrons. The van der Waals surface area contributed by atoms with Crippen LogP contribution in [0.5, 0.6) is 11.5 Å². The largest absolute Gasteiger partial charge is 0.508 e. The first-order valence-corrected chi connectivity index (χ1v) is 6.68. The third kappa shape index (κ3) is 7.92. The molecule has 0 bridgehead atoms. The molecule has 0 aromatic heterocycles. The van der Waals surface area contributed by atoms with Crippen molar-refractivity contribution in [1.82, 2.24) is 10.6 Å². The van der Waals surface area contributed by atoms with Gasteiger partial charge in [-0.05, 0) is 76.1 Å². The Morgan fingerprint density at radius 1 is 0.611 bits per heavy atom. The molecule has 2 fully saturated rings. The summed E-state index contributed by atoms with van der Waals surface area (Å²) in [6.45, 7) is 5.00. The number of benzene rings is 1. The Morgan fingerprint density at radius 2 is 0.889 bits per heavy atom. The second-order valence-corrected chi connectivity index (χ2v) is 4.43. The lowest BCUT2D eigenvalue weighted by molar-refractivity contribution is 0.460. The van der Waals surface area contributed by atoms with Crippen LogP contribution in [0.2, 0.25) is 0 Å². The molecule has 2 heterocycles. The fourth-order valence-corrected chi connectivity index (χ4v) is 1.70. The zero-order valence-electron chi connectivity index (χ0n) is 10.9. The molecule has 2 aliphatic rings. The lowest BCUT2D eigenvalue weighted by atomic mass is 10.3. The molecule has 4 N–H and O–H groups in total. The van der Waals surface area contributed by atoms with Gasteiger partial charge in [-0.3, -0.25) is 0 Å². The standard InChI is InChI=1S/C6H6O2.2C4H9N/c7-5-1-2-6(8)4-3-5;2*1-2-4-5-3-1/h1-4,7-8H;2*5H,1-4H2. The van der Waals surface area contributed by atoms with Crippen LogP contribution in [0.1, 0.15) is 25.7 Å². The fraction of sp³-hybridized carbons (Fsp3) is 0.571. The summed E-state index contributed by atoms with van der Waals surface area (Å²) in [5, 5.41) is 23.7. The van der Waals surface area contributed by atoms with Crippen LogP contribution in [0.4, 0.5) is 0 Å². The highest BCUT2D eigenvalue weighted by Gasteiger charge is 1.93. The van der Waals surface area contributed by atoms with Crippen LogP contribution in [0, 0.1) is 0 Å². The van der Waals surface area contributed by atoms with Crippen LogP contribution >= 0.6 is 0 Å². The molecule has 1 aromatic carbocycles. The van der Waals surface area contributed by atoms with Crippen molar-refractivity contribution in [2.24, 2.45) is 0 Å². The second-order valence-electron chi connectivity index (χ2n) is 4.43. The van der Waals surface area contributed by atoms with Gasteiger partial charge in [-0.25, -0.2) is 0 Å². The fourth-order valence-electron chi connectivity index (χ4n) is 1.70. The Balaban J connectivity index is 0.000000141. The van der Waals surface area contributed by atoms with Gasteiger partial charge in [0.1, 0.15) is 11.5 Å². The van der Waals surface area contributed by atoms with Crippen molar-refractivity contribution in [3.05, 3.63) is 24.3 Å². The number of phenolic OH excluding ortho intramolecular Hbond substituents is 2. The van der Waals surface area contributed by atoms with Gasteiger partial charge < -0.3 is 20.8 Å². The van der Waals surface area contributed by atoms with Crippen LogP contribution in [-0.2, 0) is 0 Å². The lowest BCUT2D eigenvalue weighted by Crippen LogP contribution is -2.03. The molecule has 4 heteroatoms. The molecule has 18 heavy (non-hydrogen) atoms. The van der Waals surface area contributed by atoms with E-state index in [4.69, 9.17) is 10.2 Å². The minimum Gasteiger partial charge on any atom is -0.508 e. The Kier molecular flexibility index (Phi) is 8.01. The van der Waals surface area contributed by atoms with Crippen LogP contribution in [0.25, 0.3) is 0 Å². The molecule has 0 aliphatic carbocycles. The van der Waals surface area contributed by atoms with Crippen molar-refractivity contribution in [3.8, 4) is 11.5 Å². The van der Waals surface area contributed by atoms with E-state index in [1.165, 1.54) is 76.1 Å². The van der Waals surface area contributed by atoms with Crippen LogP contribution in [0.3, 0.4) is 0 Å². The predicted molar refractivity (Wildman–Crippen MR) is 74.0 cm³/mol. The van der Waals surface area contributed by atoms with E-state index >= 15 is 0 Å². The van der Waals surface area contributed by atoms with E-state index in [0.717, 1.165) is 0 Å². The summed E-state index contributed by atoms with van der Waals surface area (Å²) in [6, 6.07) is 5.70. The zero-order valence-corrected chi connectivity index (χ0v) is 10.9. The average Bonchev–Trinajstić information content (AvgIpc) is 3.11. The molecule has 0 spiro atoms. The van der Waals surface area contributed by atoms with Crippen molar-refractivity contribution in [2.45, 2.75) is 25.7 Å². The van der Waals surface area contributed by atoms with E-state index in [1.807, 2.05) is 0 Å². The Labute approximate surface area is 109 Å². The molecule has 0 saturated carbocycles. The first-order valence-electron chi connectivity index (χ1n) is 6.68. The van der Waals surface area contributed by atoms with E-state index in [-0.39, 0.29) is 11.5 Å². The van der Waals surface area contributed by atoms with Crippen molar-refractivity contribution in [3.63, 3.8) is 0 Å². The van der Waals surface area contributed by atoms with E-state index in [9.17, 15) is 0 Å². The maximum Gasteiger partial charge on any atom is 0.115 e. The second kappa shape index (κ2) is 9.74. The molecular weight excluding hydrogens is 228 g/mol. The molecule has 2 aliphatic heterocycles. The summed E-state index contributed by atoms with van der Waals surface area (Å²) in [5.41, 5.74) is 0. The van der Waals surface area contributed by atoms with Crippen molar-refractivity contribution in [2.75, 3.05) is 26.2 Å². The molecule has 0 amide bonds. The molecule has 0 radical (unpaired) electrons. The average molecular weight is 252 g/mol. The summed E-state index contributed by atoms with van der Waals surface area (Å²) in [4.78, 5) is 0. The molecule has 4 nitrogen and oxygen atoms in total. The summed E-state index contributed by atoms with van der Waals surface area (Å²) in [7, 11) is 0. The molecule has 1 aromatic rings.